The Kier molecular flexibility index (Phi) is 7.50. The average Bonchev–Trinajstić information content (AvgIpc) is 2.92. The van der Waals surface area contributed by atoms with Crippen LogP contribution in [0.4, 0.5) is 0 Å². The van der Waals surface area contributed by atoms with E-state index < -0.39 is 16.0 Å². The zero-order valence-corrected chi connectivity index (χ0v) is 19.1. The van der Waals surface area contributed by atoms with Crippen molar-refractivity contribution < 1.29 is 22.7 Å². The number of hydrogen-bond acceptors (Lipinski definition) is 5. The third-order valence-corrected chi connectivity index (χ3v) is 7.89. The maximum Gasteiger partial charge on any atom is 0.341 e. The fourth-order valence-corrected chi connectivity index (χ4v) is 5.58. The van der Waals surface area contributed by atoms with Crippen LogP contribution in [0.2, 0.25) is 0 Å². The van der Waals surface area contributed by atoms with Crippen LogP contribution in [-0.4, -0.2) is 54.9 Å². The minimum absolute atomic E-state index is 0.0125. The van der Waals surface area contributed by atoms with E-state index in [1.165, 1.54) is 4.31 Å². The number of sulfonamides is 1. The second-order valence-corrected chi connectivity index (χ2v) is 9.53. The molecule has 1 aromatic rings. The van der Waals surface area contributed by atoms with E-state index in [4.69, 9.17) is 4.74 Å². The molecule has 8 nitrogen and oxygen atoms in total. The summed E-state index contributed by atoms with van der Waals surface area (Å²) in [6.45, 7) is 9.71. The number of esters is 1. The molecular weight excluding hydrogens is 394 g/mol. The molecule has 0 aromatic carbocycles. The van der Waals surface area contributed by atoms with Crippen LogP contribution in [0.15, 0.2) is 4.90 Å². The van der Waals surface area contributed by atoms with Crippen LogP contribution in [0, 0.1) is 19.8 Å². The first-order chi connectivity index (χ1) is 13.6. The molecule has 2 rings (SSSR count). The molecule has 1 aliphatic rings. The predicted molar refractivity (Wildman–Crippen MR) is 110 cm³/mol. The van der Waals surface area contributed by atoms with Crippen molar-refractivity contribution in [3.63, 3.8) is 0 Å². The quantitative estimate of drug-likeness (QED) is 0.672. The van der Waals surface area contributed by atoms with Gasteiger partial charge in [0.25, 0.3) is 0 Å². The number of aromatic nitrogens is 1. The van der Waals surface area contributed by atoms with Crippen LogP contribution in [0.5, 0.6) is 0 Å². The van der Waals surface area contributed by atoms with Crippen LogP contribution in [0.3, 0.4) is 0 Å². The van der Waals surface area contributed by atoms with Crippen LogP contribution in [-0.2, 0) is 26.6 Å². The van der Waals surface area contributed by atoms with Gasteiger partial charge in [-0.05, 0) is 47.0 Å². The molecule has 0 radical (unpaired) electrons. The maximum absolute atomic E-state index is 13.4. The lowest BCUT2D eigenvalue weighted by atomic mass is 9.97. The molecule has 0 spiro atoms. The number of hydrogen-bond donors (Lipinski definition) is 1. The standard InChI is InChI=1S/C20H33N3O5S/c1-7-13(3)21-19(24)16-9-11-23(12-10-16)29(26,27)18-15(5)22(6)14(4)17(18)20(25)28-8-2/h13,16H,7-12H2,1-6H3,(H,21,24)/t13-/m1/s1. The van der Waals surface area contributed by atoms with Crippen molar-refractivity contribution in [3.8, 4) is 0 Å². The number of carbonyl (C=O) groups excluding carboxylic acids is 2. The summed E-state index contributed by atoms with van der Waals surface area (Å²) in [4.78, 5) is 24.9. The molecule has 0 aliphatic carbocycles. The van der Waals surface area contributed by atoms with Gasteiger partial charge in [0.1, 0.15) is 10.5 Å². The zero-order valence-electron chi connectivity index (χ0n) is 18.2. The normalized spacial score (nSPS) is 17.2. The monoisotopic (exact) mass is 427 g/mol. The van der Waals surface area contributed by atoms with Gasteiger partial charge in [-0.25, -0.2) is 13.2 Å². The van der Waals surface area contributed by atoms with E-state index in [9.17, 15) is 18.0 Å². The van der Waals surface area contributed by atoms with E-state index in [2.05, 4.69) is 5.32 Å². The van der Waals surface area contributed by atoms with Crippen molar-refractivity contribution in [1.29, 1.82) is 0 Å². The van der Waals surface area contributed by atoms with E-state index >= 15 is 0 Å². The number of piperidine rings is 1. The minimum Gasteiger partial charge on any atom is -0.462 e. The van der Waals surface area contributed by atoms with E-state index in [-0.39, 0.29) is 48.0 Å². The molecule has 2 heterocycles. The molecule has 1 aromatic heterocycles. The second-order valence-electron chi connectivity index (χ2n) is 7.65. The van der Waals surface area contributed by atoms with Gasteiger partial charge >= 0.3 is 5.97 Å². The molecule has 1 atom stereocenters. The number of rotatable bonds is 7. The average molecular weight is 428 g/mol. The van der Waals surface area contributed by atoms with Crippen LogP contribution >= 0.6 is 0 Å². The molecule has 0 bridgehead atoms. The molecular formula is C20H33N3O5S. The van der Waals surface area contributed by atoms with Gasteiger partial charge in [-0.1, -0.05) is 6.92 Å². The number of carbonyl (C=O) groups is 2. The van der Waals surface area contributed by atoms with Gasteiger partial charge in [0.15, 0.2) is 0 Å². The Bertz CT molecular complexity index is 867. The van der Waals surface area contributed by atoms with Crippen molar-refractivity contribution in [1.82, 2.24) is 14.2 Å². The van der Waals surface area contributed by atoms with Gasteiger partial charge < -0.3 is 14.6 Å². The zero-order chi connectivity index (χ0) is 21.9. The minimum atomic E-state index is -3.89. The predicted octanol–water partition coefficient (Wildman–Crippen LogP) is 2.13. The van der Waals surface area contributed by atoms with Crippen LogP contribution in [0.1, 0.15) is 61.8 Å². The molecule has 1 fully saturated rings. The van der Waals surface area contributed by atoms with Crippen molar-refractivity contribution in [3.05, 3.63) is 17.0 Å². The smallest absolute Gasteiger partial charge is 0.341 e. The summed E-state index contributed by atoms with van der Waals surface area (Å²) >= 11 is 0. The highest BCUT2D eigenvalue weighted by atomic mass is 32.2. The van der Waals surface area contributed by atoms with Gasteiger partial charge in [-0.15, -0.1) is 0 Å². The summed E-state index contributed by atoms with van der Waals surface area (Å²) < 4.78 is 35.0. The Labute approximate surface area is 173 Å². The van der Waals surface area contributed by atoms with Gasteiger partial charge in [-0.3, -0.25) is 4.79 Å². The van der Waals surface area contributed by atoms with Crippen molar-refractivity contribution in [2.45, 2.75) is 64.8 Å². The number of nitrogens with zero attached hydrogens (tertiary/aromatic N) is 2. The molecule has 1 amide bonds. The SMILES string of the molecule is CCOC(=O)c1c(S(=O)(=O)N2CCC(C(=O)N[C@H](C)CC)CC2)c(C)n(C)c1C. The summed E-state index contributed by atoms with van der Waals surface area (Å²) in [6.07, 6.45) is 1.77. The van der Waals surface area contributed by atoms with Crippen molar-refractivity contribution in [2.75, 3.05) is 19.7 Å². The molecule has 164 valence electrons. The summed E-state index contributed by atoms with van der Waals surface area (Å²) in [5.41, 5.74) is 1.16. The molecule has 9 heteroatoms. The van der Waals surface area contributed by atoms with Gasteiger partial charge in [0.05, 0.1) is 6.61 Å². The van der Waals surface area contributed by atoms with Crippen molar-refractivity contribution in [2.24, 2.45) is 13.0 Å². The third-order valence-electron chi connectivity index (χ3n) is 5.83. The lowest BCUT2D eigenvalue weighted by Crippen LogP contribution is -2.44. The molecule has 1 aliphatic heterocycles. The Morgan fingerprint density at radius 2 is 1.76 bits per heavy atom. The number of amides is 1. The Morgan fingerprint density at radius 1 is 1.17 bits per heavy atom. The van der Waals surface area contributed by atoms with Crippen molar-refractivity contribution >= 4 is 21.9 Å². The first-order valence-corrected chi connectivity index (χ1v) is 11.6. The van der Waals surface area contributed by atoms with E-state index in [1.807, 2.05) is 13.8 Å². The van der Waals surface area contributed by atoms with E-state index in [1.54, 1.807) is 32.4 Å². The molecule has 1 N–H and O–H groups in total. The number of nitrogens with one attached hydrogen (secondary N) is 1. The van der Waals surface area contributed by atoms with Crippen LogP contribution < -0.4 is 5.32 Å². The Hall–Kier alpha value is -1.87. The lowest BCUT2D eigenvalue weighted by Gasteiger charge is -2.31. The summed E-state index contributed by atoms with van der Waals surface area (Å²) in [6, 6.07) is 0.103. The Balaban J connectivity index is 2.26. The highest BCUT2D eigenvalue weighted by Crippen LogP contribution is 2.32. The van der Waals surface area contributed by atoms with Gasteiger partial charge in [0.2, 0.25) is 15.9 Å². The van der Waals surface area contributed by atoms with Gasteiger partial charge in [0, 0.05) is 43.5 Å². The highest BCUT2D eigenvalue weighted by Gasteiger charge is 2.38. The molecule has 0 saturated carbocycles. The summed E-state index contributed by atoms with van der Waals surface area (Å²) in [5, 5.41) is 2.97. The van der Waals surface area contributed by atoms with Crippen LogP contribution in [0.25, 0.3) is 0 Å². The summed E-state index contributed by atoms with van der Waals surface area (Å²) in [5.74, 6) is -0.843. The maximum atomic E-state index is 13.4. The highest BCUT2D eigenvalue weighted by molar-refractivity contribution is 7.89. The first-order valence-electron chi connectivity index (χ1n) is 10.2. The topological polar surface area (TPSA) is 97.7 Å². The van der Waals surface area contributed by atoms with E-state index in [0.717, 1.165) is 6.42 Å². The first kappa shape index (κ1) is 23.4. The third kappa shape index (κ3) is 4.66. The Morgan fingerprint density at radius 3 is 2.28 bits per heavy atom. The van der Waals surface area contributed by atoms with E-state index in [0.29, 0.717) is 24.2 Å². The fraction of sp³-hybridized carbons (Fsp3) is 0.700. The molecule has 0 unspecified atom stereocenters. The lowest BCUT2D eigenvalue weighted by molar-refractivity contribution is -0.126. The van der Waals surface area contributed by atoms with Gasteiger partial charge in [-0.2, -0.15) is 4.31 Å². The second kappa shape index (κ2) is 9.30. The number of ether oxygens (including phenoxy) is 1. The fourth-order valence-electron chi connectivity index (χ4n) is 3.63. The summed E-state index contributed by atoms with van der Waals surface area (Å²) in [7, 11) is -2.15. The largest absolute Gasteiger partial charge is 0.462 e. The molecule has 1 saturated heterocycles. The molecule has 29 heavy (non-hydrogen) atoms.